The van der Waals surface area contributed by atoms with Crippen molar-refractivity contribution in [1.29, 1.82) is 0 Å². The van der Waals surface area contributed by atoms with Crippen LogP contribution in [0, 0.1) is 0 Å². The van der Waals surface area contributed by atoms with Crippen LogP contribution in [0.5, 0.6) is 0 Å². The van der Waals surface area contributed by atoms with E-state index in [-0.39, 0.29) is 38.1 Å². The van der Waals surface area contributed by atoms with E-state index in [1.54, 1.807) is 0 Å². The summed E-state index contributed by atoms with van der Waals surface area (Å²) in [6.07, 6.45) is 0. The van der Waals surface area contributed by atoms with Crippen molar-refractivity contribution in [2.24, 2.45) is 14.1 Å². The molecule has 0 unspecified atom stereocenters. The first-order valence-corrected chi connectivity index (χ1v) is 18.6. The summed E-state index contributed by atoms with van der Waals surface area (Å²) in [7, 11) is 12.1. The van der Waals surface area contributed by atoms with E-state index >= 15 is 0 Å². The molecule has 0 aliphatic rings. The Morgan fingerprint density at radius 1 is 0.684 bits per heavy atom. The number of rotatable bonds is 11. The topological polar surface area (TPSA) is 74.5 Å². The van der Waals surface area contributed by atoms with Gasteiger partial charge in [0.2, 0.25) is 0 Å². The Bertz CT molecular complexity index is 1350. The monoisotopic (exact) mass is 648 g/mol. The van der Waals surface area contributed by atoms with E-state index in [4.69, 9.17) is 0 Å². The normalized spacial score (nSPS) is 11.7. The molecule has 4 aromatic rings. The van der Waals surface area contributed by atoms with Crippen molar-refractivity contribution in [1.82, 2.24) is 29.6 Å². The molecule has 0 saturated carbocycles. The predicted molar refractivity (Wildman–Crippen MR) is 158 cm³/mol. The van der Waals surface area contributed by atoms with Gasteiger partial charge in [-0.3, -0.25) is 0 Å². The van der Waals surface area contributed by atoms with Crippen molar-refractivity contribution in [3.63, 3.8) is 0 Å². The van der Waals surface area contributed by atoms with Crippen LogP contribution in [0.15, 0.2) is 48.5 Å². The Morgan fingerprint density at radius 2 is 1.05 bits per heavy atom. The Morgan fingerprint density at radius 3 is 1.42 bits per heavy atom. The van der Waals surface area contributed by atoms with Crippen molar-refractivity contribution >= 4 is 69.1 Å². The van der Waals surface area contributed by atoms with Crippen LogP contribution >= 0.6 is 0 Å². The molecule has 0 aliphatic carbocycles. The summed E-state index contributed by atoms with van der Waals surface area (Å²) in [6, 6.07) is 16.2. The number of aryl methyl sites for hydroxylation is 2. The number of nitrogens with zero attached hydrogens (tertiary/aromatic N) is 4. The number of carbonyl (C=O) groups excluding carboxylic acids is 2. The van der Waals surface area contributed by atoms with Crippen LogP contribution in [0.1, 0.15) is 20.7 Å². The molecule has 0 aliphatic heterocycles. The van der Waals surface area contributed by atoms with E-state index in [1.165, 1.54) is 0 Å². The van der Waals surface area contributed by atoms with Gasteiger partial charge >= 0.3 is 236 Å². The second-order valence-corrected chi connectivity index (χ2v) is 15.8. The SMILES string of the molecule is CN(C)CCNC(=O)c1c([Se][Se]c2c(C(=O)NCCN(C)C)c3ccccc3n2C)n(C)c2ccccc12. The van der Waals surface area contributed by atoms with Crippen molar-refractivity contribution in [2.45, 2.75) is 0 Å². The van der Waals surface area contributed by atoms with E-state index < -0.39 is 0 Å². The van der Waals surface area contributed by atoms with E-state index in [2.05, 4.69) is 41.7 Å². The van der Waals surface area contributed by atoms with Gasteiger partial charge in [0.05, 0.1) is 0 Å². The van der Waals surface area contributed by atoms with Crippen molar-refractivity contribution in [3.8, 4) is 0 Å². The zero-order valence-electron chi connectivity index (χ0n) is 22.9. The van der Waals surface area contributed by atoms with Crippen LogP contribution in [0.3, 0.4) is 0 Å². The molecule has 2 heterocycles. The molecule has 38 heavy (non-hydrogen) atoms. The standard InChI is InChI=1S/C28H36N6O2Se2/c1-31(2)17-15-29-25(35)23-19-11-7-9-13-21(19)33(5)27(23)37-38-28-24(26(36)30-16-18-32(3)4)20-12-8-10-14-22(20)34(28)6/h7-14H,15-18H2,1-6H3,(H,29,35)(H,30,36). The van der Waals surface area contributed by atoms with Crippen LogP contribution in [-0.4, -0.2) is 111 Å². The molecule has 0 fully saturated rings. The third-order valence-corrected chi connectivity index (χ3v) is 13.6. The molecule has 10 heteroatoms. The summed E-state index contributed by atoms with van der Waals surface area (Å²) in [5.41, 5.74) is 3.63. The molecule has 2 aromatic carbocycles. The molecule has 2 aromatic heterocycles. The molecule has 2 N–H and O–H groups in total. The number of carbonyl (C=O) groups is 2. The molecular formula is C28H36N6O2Se2. The van der Waals surface area contributed by atoms with Crippen molar-refractivity contribution in [2.75, 3.05) is 54.4 Å². The number of para-hydroxylation sites is 2. The molecule has 8 nitrogen and oxygen atoms in total. The van der Waals surface area contributed by atoms with Crippen LogP contribution in [-0.2, 0) is 14.1 Å². The van der Waals surface area contributed by atoms with Gasteiger partial charge in [0.25, 0.3) is 0 Å². The molecular weight excluding hydrogens is 610 g/mol. The molecule has 0 atom stereocenters. The minimum absolute atomic E-state index is 0.0320. The average Bonchev–Trinajstić information content (AvgIpc) is 3.33. The Kier molecular flexibility index (Phi) is 9.36. The number of benzene rings is 2. The molecule has 0 saturated heterocycles. The second kappa shape index (κ2) is 12.5. The van der Waals surface area contributed by atoms with Gasteiger partial charge in [0.15, 0.2) is 0 Å². The molecule has 0 bridgehead atoms. The van der Waals surface area contributed by atoms with Gasteiger partial charge in [-0.1, -0.05) is 0 Å². The molecule has 0 radical (unpaired) electrons. The first kappa shape index (κ1) is 28.4. The van der Waals surface area contributed by atoms with Gasteiger partial charge < -0.3 is 0 Å². The Hall–Kier alpha value is -2.58. The zero-order valence-corrected chi connectivity index (χ0v) is 26.3. The van der Waals surface area contributed by atoms with Crippen LogP contribution in [0.4, 0.5) is 0 Å². The van der Waals surface area contributed by atoms with Gasteiger partial charge in [-0.15, -0.1) is 0 Å². The fourth-order valence-corrected chi connectivity index (χ4v) is 12.8. The van der Waals surface area contributed by atoms with Crippen molar-refractivity contribution in [3.05, 3.63) is 59.7 Å². The first-order chi connectivity index (χ1) is 18.2. The van der Waals surface area contributed by atoms with Crippen LogP contribution < -0.4 is 19.8 Å². The predicted octanol–water partition coefficient (Wildman–Crippen LogP) is 0.527. The summed E-state index contributed by atoms with van der Waals surface area (Å²) < 4.78 is 6.45. The van der Waals surface area contributed by atoms with Crippen molar-refractivity contribution < 1.29 is 9.59 Å². The summed E-state index contributed by atoms with van der Waals surface area (Å²) >= 11 is -0.0639. The maximum atomic E-state index is 13.4. The third kappa shape index (κ3) is 6.01. The van der Waals surface area contributed by atoms with Gasteiger partial charge in [0, 0.05) is 0 Å². The average molecular weight is 647 g/mol. The second-order valence-electron chi connectivity index (χ2n) is 9.80. The number of aromatic nitrogens is 2. The summed E-state index contributed by atoms with van der Waals surface area (Å²) in [6.45, 7) is 2.74. The quantitative estimate of drug-likeness (QED) is 0.234. The number of fused-ring (bicyclic) bond motifs is 2. The number of nitrogens with one attached hydrogen (secondary N) is 2. The summed E-state index contributed by atoms with van der Waals surface area (Å²) in [4.78, 5) is 31.0. The van der Waals surface area contributed by atoms with Crippen LogP contribution in [0.2, 0.25) is 0 Å². The number of amides is 2. The number of hydrogen-bond acceptors (Lipinski definition) is 4. The molecule has 2 amide bonds. The molecule has 4 rings (SSSR count). The minimum atomic E-state index is -0.0324. The van der Waals surface area contributed by atoms with Crippen LogP contribution in [0.25, 0.3) is 21.8 Å². The van der Waals surface area contributed by atoms with E-state index in [0.29, 0.717) is 13.1 Å². The molecule has 202 valence electrons. The summed E-state index contributed by atoms with van der Waals surface area (Å²) in [5, 5.41) is 8.19. The number of likely N-dealkylation sites (N-methyl/N-ethyl adjacent to an activating group) is 2. The Labute approximate surface area is 235 Å². The third-order valence-electron chi connectivity index (χ3n) is 6.45. The summed E-state index contributed by atoms with van der Waals surface area (Å²) in [5.74, 6) is -0.0648. The first-order valence-electron chi connectivity index (χ1n) is 12.6. The van der Waals surface area contributed by atoms with Gasteiger partial charge in [0.1, 0.15) is 0 Å². The number of hydrogen-bond donors (Lipinski definition) is 2. The molecule has 0 spiro atoms. The Balaban J connectivity index is 1.70. The maximum absolute atomic E-state index is 13.4. The van der Waals surface area contributed by atoms with Gasteiger partial charge in [-0.25, -0.2) is 0 Å². The van der Waals surface area contributed by atoms with Gasteiger partial charge in [-0.05, 0) is 0 Å². The van der Waals surface area contributed by atoms with Gasteiger partial charge in [-0.2, -0.15) is 0 Å². The van der Waals surface area contributed by atoms with E-state index in [9.17, 15) is 9.59 Å². The van der Waals surface area contributed by atoms with E-state index in [1.807, 2.05) is 78.7 Å². The fourth-order valence-electron chi connectivity index (χ4n) is 4.42. The van der Waals surface area contributed by atoms with E-state index in [0.717, 1.165) is 55.2 Å². The fraction of sp³-hybridized carbons (Fsp3) is 0.357. The zero-order chi connectivity index (χ0) is 27.4.